The Morgan fingerprint density at radius 3 is 2.60 bits per heavy atom. The Balaban J connectivity index is 2.83. The zero-order valence-electron chi connectivity index (χ0n) is 6.35. The number of Topliss-reactive ketones (excluding diaryl/α,β-unsaturated/α-hetero) is 1. The maximum absolute atomic E-state index is 10.9. The Bertz CT molecular complexity index is 189. The van der Waals surface area contributed by atoms with E-state index in [1.807, 2.05) is 13.8 Å². The van der Waals surface area contributed by atoms with Crippen molar-refractivity contribution in [1.82, 2.24) is 0 Å². The minimum absolute atomic E-state index is 0.130. The summed E-state index contributed by atoms with van der Waals surface area (Å²) in [6.07, 6.45) is 2.54. The number of ketones is 1. The Morgan fingerprint density at radius 1 is 1.60 bits per heavy atom. The molecule has 2 nitrogen and oxygen atoms in total. The molecular weight excluding hydrogens is 128 g/mol. The lowest BCUT2D eigenvalue weighted by Crippen LogP contribution is -2.20. The van der Waals surface area contributed by atoms with Gasteiger partial charge >= 0.3 is 0 Å². The van der Waals surface area contributed by atoms with E-state index < -0.39 is 0 Å². The molecule has 0 bridgehead atoms. The van der Waals surface area contributed by atoms with Gasteiger partial charge in [0.05, 0.1) is 12.2 Å². The molecule has 0 radical (unpaired) electrons. The molecule has 0 aliphatic heterocycles. The first-order valence-electron chi connectivity index (χ1n) is 3.42. The lowest BCUT2D eigenvalue weighted by atomic mass is 9.81. The van der Waals surface area contributed by atoms with Gasteiger partial charge in [0, 0.05) is 6.42 Å². The van der Waals surface area contributed by atoms with Crippen LogP contribution in [0.1, 0.15) is 26.7 Å². The highest BCUT2D eigenvalue weighted by Gasteiger charge is 2.25. The van der Waals surface area contributed by atoms with Crippen molar-refractivity contribution >= 4 is 5.78 Å². The average molecular weight is 140 g/mol. The third-order valence-electron chi connectivity index (χ3n) is 1.59. The number of hydrogen-bond acceptors (Lipinski definition) is 2. The van der Waals surface area contributed by atoms with E-state index in [9.17, 15) is 4.79 Å². The summed E-state index contributed by atoms with van der Waals surface area (Å²) in [5.74, 6) is 0.353. The normalized spacial score (nSPS) is 24.2. The van der Waals surface area contributed by atoms with Crippen LogP contribution in [0.3, 0.4) is 0 Å². The molecule has 1 rings (SSSR count). The molecule has 0 fully saturated rings. The van der Waals surface area contributed by atoms with Gasteiger partial charge in [0.1, 0.15) is 5.78 Å². The van der Waals surface area contributed by atoms with Gasteiger partial charge in [-0.15, -0.1) is 0 Å². The highest BCUT2D eigenvalue weighted by atomic mass is 16.3. The van der Waals surface area contributed by atoms with E-state index in [0.29, 0.717) is 6.42 Å². The van der Waals surface area contributed by atoms with Gasteiger partial charge in [0.2, 0.25) is 0 Å². The summed E-state index contributed by atoms with van der Waals surface area (Å²) >= 11 is 0. The van der Waals surface area contributed by atoms with Crippen molar-refractivity contribution in [3.63, 3.8) is 0 Å². The van der Waals surface area contributed by atoms with Crippen LogP contribution in [0.4, 0.5) is 0 Å². The first kappa shape index (κ1) is 7.32. The molecule has 10 heavy (non-hydrogen) atoms. The largest absolute Gasteiger partial charge is 0.512 e. The molecular formula is C8H12O2. The average Bonchev–Trinajstić information content (AvgIpc) is 1.54. The molecule has 2 heteroatoms. The van der Waals surface area contributed by atoms with E-state index >= 15 is 0 Å². The lowest BCUT2D eigenvalue weighted by Gasteiger charge is -2.23. The fourth-order valence-electron chi connectivity index (χ4n) is 1.33. The second-order valence-electron chi connectivity index (χ2n) is 3.52. The zero-order chi connectivity index (χ0) is 7.78. The van der Waals surface area contributed by atoms with Gasteiger partial charge in [-0.3, -0.25) is 4.79 Å². The minimum Gasteiger partial charge on any atom is -0.512 e. The molecule has 0 aromatic rings. The predicted octanol–water partition coefficient (Wildman–Crippen LogP) is 1.82. The summed E-state index contributed by atoms with van der Waals surface area (Å²) in [4.78, 5) is 10.9. The zero-order valence-corrected chi connectivity index (χ0v) is 6.35. The van der Waals surface area contributed by atoms with E-state index in [-0.39, 0.29) is 23.4 Å². The summed E-state index contributed by atoms with van der Waals surface area (Å²) in [7, 11) is 0. The smallest absolute Gasteiger partial charge is 0.141 e. The van der Waals surface area contributed by atoms with Gasteiger partial charge in [-0.05, 0) is 11.5 Å². The molecule has 1 N–H and O–H groups in total. The van der Waals surface area contributed by atoms with Crippen molar-refractivity contribution in [2.75, 3.05) is 0 Å². The van der Waals surface area contributed by atoms with Crippen molar-refractivity contribution in [2.45, 2.75) is 26.7 Å². The Kier molecular flexibility index (Phi) is 1.55. The Labute approximate surface area is 60.6 Å². The van der Waals surface area contributed by atoms with Gasteiger partial charge in [0.25, 0.3) is 0 Å². The first-order chi connectivity index (χ1) is 4.49. The summed E-state index contributed by atoms with van der Waals surface area (Å²) in [5.41, 5.74) is -0.139. The molecule has 0 aromatic carbocycles. The standard InChI is InChI=1S/C8H12O2/c1-8(2)4-6(9)3-7(10)5-8/h4,9H,3,5H2,1-2H3. The Morgan fingerprint density at radius 2 is 2.20 bits per heavy atom. The SMILES string of the molecule is CC1(C)C=C(O)CC(=O)C1. The van der Waals surface area contributed by atoms with E-state index in [1.165, 1.54) is 0 Å². The number of aliphatic hydroxyl groups excluding tert-OH is 1. The molecule has 0 heterocycles. The molecule has 0 saturated heterocycles. The fraction of sp³-hybridized carbons (Fsp3) is 0.625. The monoisotopic (exact) mass is 140 g/mol. The van der Waals surface area contributed by atoms with Crippen LogP contribution in [0.25, 0.3) is 0 Å². The van der Waals surface area contributed by atoms with Crippen LogP contribution in [-0.4, -0.2) is 10.9 Å². The van der Waals surface area contributed by atoms with E-state index in [4.69, 9.17) is 5.11 Å². The van der Waals surface area contributed by atoms with Gasteiger partial charge < -0.3 is 5.11 Å². The molecule has 0 aromatic heterocycles. The van der Waals surface area contributed by atoms with Crippen LogP contribution in [0, 0.1) is 5.41 Å². The molecule has 1 aliphatic carbocycles. The van der Waals surface area contributed by atoms with Crippen LogP contribution >= 0.6 is 0 Å². The second-order valence-corrected chi connectivity index (χ2v) is 3.52. The minimum atomic E-state index is -0.139. The van der Waals surface area contributed by atoms with Crippen LogP contribution in [-0.2, 0) is 4.79 Å². The van der Waals surface area contributed by atoms with E-state index in [1.54, 1.807) is 6.08 Å². The lowest BCUT2D eigenvalue weighted by molar-refractivity contribution is -0.120. The molecule has 1 aliphatic rings. The van der Waals surface area contributed by atoms with Crippen LogP contribution < -0.4 is 0 Å². The molecule has 0 saturated carbocycles. The number of carbonyl (C=O) groups excluding carboxylic acids is 1. The topological polar surface area (TPSA) is 37.3 Å². The summed E-state index contributed by atoms with van der Waals surface area (Å²) in [6, 6.07) is 0. The van der Waals surface area contributed by atoms with Gasteiger partial charge in [-0.2, -0.15) is 0 Å². The predicted molar refractivity (Wildman–Crippen MR) is 38.7 cm³/mol. The highest BCUT2D eigenvalue weighted by Crippen LogP contribution is 2.29. The van der Waals surface area contributed by atoms with Crippen molar-refractivity contribution in [3.05, 3.63) is 11.8 Å². The van der Waals surface area contributed by atoms with Crippen LogP contribution in [0.5, 0.6) is 0 Å². The fourth-order valence-corrected chi connectivity index (χ4v) is 1.33. The number of allylic oxidation sites excluding steroid dienone is 2. The maximum Gasteiger partial charge on any atom is 0.141 e. The second kappa shape index (κ2) is 2.11. The maximum atomic E-state index is 10.9. The Hall–Kier alpha value is -0.790. The third kappa shape index (κ3) is 1.59. The van der Waals surface area contributed by atoms with Gasteiger partial charge in [0.15, 0.2) is 0 Å². The number of carbonyl (C=O) groups is 1. The molecule has 0 amide bonds. The van der Waals surface area contributed by atoms with E-state index in [0.717, 1.165) is 0 Å². The number of aliphatic hydroxyl groups is 1. The van der Waals surface area contributed by atoms with Crippen molar-refractivity contribution < 1.29 is 9.90 Å². The summed E-state index contributed by atoms with van der Waals surface area (Å²) in [5, 5.41) is 9.06. The number of hydrogen-bond donors (Lipinski definition) is 1. The van der Waals surface area contributed by atoms with Crippen molar-refractivity contribution in [1.29, 1.82) is 0 Å². The quantitative estimate of drug-likeness (QED) is 0.557. The van der Waals surface area contributed by atoms with Crippen LogP contribution in [0.2, 0.25) is 0 Å². The van der Waals surface area contributed by atoms with E-state index in [2.05, 4.69) is 0 Å². The van der Waals surface area contributed by atoms with Gasteiger partial charge in [-0.1, -0.05) is 13.8 Å². The van der Waals surface area contributed by atoms with Crippen molar-refractivity contribution in [3.8, 4) is 0 Å². The van der Waals surface area contributed by atoms with Crippen LogP contribution in [0.15, 0.2) is 11.8 Å². The van der Waals surface area contributed by atoms with Crippen molar-refractivity contribution in [2.24, 2.45) is 5.41 Å². The molecule has 56 valence electrons. The first-order valence-corrected chi connectivity index (χ1v) is 3.42. The molecule has 0 atom stereocenters. The summed E-state index contributed by atoms with van der Waals surface area (Å²) in [6.45, 7) is 3.89. The summed E-state index contributed by atoms with van der Waals surface area (Å²) < 4.78 is 0. The van der Waals surface area contributed by atoms with Gasteiger partial charge in [-0.25, -0.2) is 0 Å². The highest BCUT2D eigenvalue weighted by molar-refractivity contribution is 5.82. The molecule has 0 unspecified atom stereocenters. The molecule has 0 spiro atoms. The number of rotatable bonds is 0. The third-order valence-corrected chi connectivity index (χ3v) is 1.59.